The molecule has 0 saturated carbocycles. The lowest BCUT2D eigenvalue weighted by molar-refractivity contribution is 0.0419. The first kappa shape index (κ1) is 13.0. The Morgan fingerprint density at radius 1 is 1.50 bits per heavy atom. The Labute approximate surface area is 96.6 Å². The minimum atomic E-state index is -0.448. The van der Waals surface area contributed by atoms with E-state index in [9.17, 15) is 5.11 Å². The summed E-state index contributed by atoms with van der Waals surface area (Å²) in [5, 5.41) is 9.56. The molecule has 0 heterocycles. The number of benzene rings is 1. The van der Waals surface area contributed by atoms with Gasteiger partial charge in [-0.1, -0.05) is 12.1 Å². The zero-order valence-corrected chi connectivity index (χ0v) is 9.89. The van der Waals surface area contributed by atoms with Crippen LogP contribution in [-0.4, -0.2) is 43.4 Å². The first-order chi connectivity index (χ1) is 7.61. The number of hydrogen-bond acceptors (Lipinski definition) is 4. The van der Waals surface area contributed by atoms with E-state index < -0.39 is 6.10 Å². The largest absolute Gasteiger partial charge is 0.399 e. The number of methoxy groups -OCH3 is 1. The van der Waals surface area contributed by atoms with Gasteiger partial charge in [0, 0.05) is 25.9 Å². The summed E-state index contributed by atoms with van der Waals surface area (Å²) in [4.78, 5) is 2.04. The summed E-state index contributed by atoms with van der Waals surface area (Å²) in [5.74, 6) is 0. The van der Waals surface area contributed by atoms with E-state index >= 15 is 0 Å². The second-order valence-electron chi connectivity index (χ2n) is 4.05. The van der Waals surface area contributed by atoms with Gasteiger partial charge >= 0.3 is 0 Å². The van der Waals surface area contributed by atoms with E-state index in [0.717, 1.165) is 17.8 Å². The van der Waals surface area contributed by atoms with Gasteiger partial charge in [0.25, 0.3) is 0 Å². The molecule has 1 unspecified atom stereocenters. The number of nitrogens with two attached hydrogens (primary N) is 1. The van der Waals surface area contributed by atoms with E-state index in [1.54, 1.807) is 7.11 Å². The Hall–Kier alpha value is -1.10. The fourth-order valence-corrected chi connectivity index (χ4v) is 1.67. The summed E-state index contributed by atoms with van der Waals surface area (Å²) in [6, 6.07) is 7.77. The minimum absolute atomic E-state index is 0.362. The summed E-state index contributed by atoms with van der Waals surface area (Å²) in [7, 11) is 3.54. The van der Waals surface area contributed by atoms with Crippen LogP contribution in [0, 0.1) is 0 Å². The highest BCUT2D eigenvalue weighted by molar-refractivity contribution is 5.40. The molecule has 0 radical (unpaired) electrons. The van der Waals surface area contributed by atoms with E-state index in [1.807, 2.05) is 36.2 Å². The summed E-state index contributed by atoms with van der Waals surface area (Å²) in [5.41, 5.74) is 7.61. The van der Waals surface area contributed by atoms with Gasteiger partial charge in [0.1, 0.15) is 0 Å². The zero-order valence-electron chi connectivity index (χ0n) is 9.89. The van der Waals surface area contributed by atoms with Gasteiger partial charge in [0.2, 0.25) is 0 Å². The van der Waals surface area contributed by atoms with E-state index in [4.69, 9.17) is 10.5 Å². The molecule has 0 aliphatic rings. The normalized spacial score (nSPS) is 13.0. The van der Waals surface area contributed by atoms with Crippen molar-refractivity contribution in [2.75, 3.05) is 33.0 Å². The molecule has 0 fully saturated rings. The van der Waals surface area contributed by atoms with Crippen molar-refractivity contribution < 1.29 is 9.84 Å². The van der Waals surface area contributed by atoms with Crippen LogP contribution in [0.2, 0.25) is 0 Å². The molecule has 0 aliphatic carbocycles. The first-order valence-corrected chi connectivity index (χ1v) is 5.31. The molecule has 90 valence electrons. The van der Waals surface area contributed by atoms with Gasteiger partial charge in [-0.3, -0.25) is 4.90 Å². The monoisotopic (exact) mass is 224 g/mol. The average molecular weight is 224 g/mol. The van der Waals surface area contributed by atoms with Gasteiger partial charge in [-0.25, -0.2) is 0 Å². The van der Waals surface area contributed by atoms with Gasteiger partial charge in [0.05, 0.1) is 12.7 Å². The lowest BCUT2D eigenvalue weighted by Gasteiger charge is -2.20. The van der Waals surface area contributed by atoms with Gasteiger partial charge in [0.15, 0.2) is 0 Å². The van der Waals surface area contributed by atoms with Crippen molar-refractivity contribution in [2.45, 2.75) is 12.6 Å². The predicted molar refractivity (Wildman–Crippen MR) is 65.1 cm³/mol. The molecule has 0 aliphatic heterocycles. The summed E-state index contributed by atoms with van der Waals surface area (Å²) < 4.78 is 4.88. The number of hydrogen-bond donors (Lipinski definition) is 2. The lowest BCUT2D eigenvalue weighted by atomic mass is 10.2. The molecule has 16 heavy (non-hydrogen) atoms. The second kappa shape index (κ2) is 6.48. The van der Waals surface area contributed by atoms with Crippen molar-refractivity contribution in [2.24, 2.45) is 0 Å². The van der Waals surface area contributed by atoms with Crippen LogP contribution in [0.1, 0.15) is 5.56 Å². The van der Waals surface area contributed by atoms with Crippen molar-refractivity contribution >= 4 is 5.69 Å². The number of ether oxygens (including phenoxy) is 1. The van der Waals surface area contributed by atoms with Crippen molar-refractivity contribution in [3.05, 3.63) is 29.8 Å². The van der Waals surface area contributed by atoms with E-state index in [1.165, 1.54) is 0 Å². The highest BCUT2D eigenvalue weighted by atomic mass is 16.5. The molecule has 1 atom stereocenters. The molecule has 1 aromatic rings. The topological polar surface area (TPSA) is 58.7 Å². The Kier molecular flexibility index (Phi) is 5.25. The highest BCUT2D eigenvalue weighted by Gasteiger charge is 2.08. The Balaban J connectivity index is 2.42. The van der Waals surface area contributed by atoms with Crippen molar-refractivity contribution in [3.63, 3.8) is 0 Å². The smallest absolute Gasteiger partial charge is 0.0900 e. The summed E-state index contributed by atoms with van der Waals surface area (Å²) in [6.07, 6.45) is -0.448. The molecule has 0 saturated heterocycles. The molecule has 0 amide bonds. The number of anilines is 1. The Morgan fingerprint density at radius 2 is 2.25 bits per heavy atom. The maximum Gasteiger partial charge on any atom is 0.0900 e. The first-order valence-electron chi connectivity index (χ1n) is 5.31. The molecule has 4 heteroatoms. The molecule has 0 bridgehead atoms. The fraction of sp³-hybridized carbons (Fsp3) is 0.500. The van der Waals surface area contributed by atoms with Crippen LogP contribution in [-0.2, 0) is 11.3 Å². The molecule has 0 spiro atoms. The number of nitrogens with zero attached hydrogens (tertiary/aromatic N) is 1. The Morgan fingerprint density at radius 3 is 2.88 bits per heavy atom. The maximum absolute atomic E-state index is 9.56. The van der Waals surface area contributed by atoms with Crippen LogP contribution in [0.4, 0.5) is 5.69 Å². The van der Waals surface area contributed by atoms with E-state index in [-0.39, 0.29) is 0 Å². The van der Waals surface area contributed by atoms with E-state index in [0.29, 0.717) is 13.2 Å². The lowest BCUT2D eigenvalue weighted by Crippen LogP contribution is -2.31. The third-order valence-electron chi connectivity index (χ3n) is 2.29. The highest BCUT2D eigenvalue weighted by Crippen LogP contribution is 2.08. The third-order valence-corrected chi connectivity index (χ3v) is 2.29. The number of rotatable bonds is 6. The molecule has 1 rings (SSSR count). The van der Waals surface area contributed by atoms with Gasteiger partial charge in [-0.2, -0.15) is 0 Å². The molecule has 3 N–H and O–H groups in total. The van der Waals surface area contributed by atoms with Gasteiger partial charge in [-0.05, 0) is 24.7 Å². The number of aliphatic hydroxyl groups excluding tert-OH is 1. The molecular formula is C12H20N2O2. The van der Waals surface area contributed by atoms with Crippen molar-refractivity contribution in [1.82, 2.24) is 4.90 Å². The Bertz CT molecular complexity index is 318. The standard InChI is InChI=1S/C12H20N2O2/c1-14(8-12(15)9-16-2)7-10-4-3-5-11(13)6-10/h3-6,12,15H,7-9,13H2,1-2H3. The van der Waals surface area contributed by atoms with Gasteiger partial charge in [-0.15, -0.1) is 0 Å². The fourth-order valence-electron chi connectivity index (χ4n) is 1.67. The summed E-state index contributed by atoms with van der Waals surface area (Å²) >= 11 is 0. The minimum Gasteiger partial charge on any atom is -0.399 e. The van der Waals surface area contributed by atoms with Crippen LogP contribution in [0.25, 0.3) is 0 Å². The molecule has 0 aromatic heterocycles. The van der Waals surface area contributed by atoms with Crippen LogP contribution in [0.3, 0.4) is 0 Å². The quantitative estimate of drug-likeness (QED) is 0.699. The van der Waals surface area contributed by atoms with Crippen LogP contribution in [0.5, 0.6) is 0 Å². The SMILES string of the molecule is COCC(O)CN(C)Cc1cccc(N)c1. The van der Waals surface area contributed by atoms with Crippen molar-refractivity contribution in [1.29, 1.82) is 0 Å². The second-order valence-corrected chi connectivity index (χ2v) is 4.05. The molecule has 4 nitrogen and oxygen atoms in total. The van der Waals surface area contributed by atoms with Crippen LogP contribution >= 0.6 is 0 Å². The number of aliphatic hydroxyl groups is 1. The predicted octanol–water partition coefficient (Wildman–Crippen LogP) is 0.708. The van der Waals surface area contributed by atoms with Gasteiger partial charge < -0.3 is 15.6 Å². The molecule has 1 aromatic carbocycles. The average Bonchev–Trinajstić information content (AvgIpc) is 2.17. The van der Waals surface area contributed by atoms with Crippen LogP contribution < -0.4 is 5.73 Å². The van der Waals surface area contributed by atoms with E-state index in [2.05, 4.69) is 0 Å². The number of nitrogen functional groups attached to an aromatic ring is 1. The van der Waals surface area contributed by atoms with Crippen LogP contribution in [0.15, 0.2) is 24.3 Å². The number of likely N-dealkylation sites (N-methyl/N-ethyl adjacent to an activating group) is 1. The maximum atomic E-state index is 9.56. The third kappa shape index (κ3) is 4.61. The molecular weight excluding hydrogens is 204 g/mol. The zero-order chi connectivity index (χ0) is 12.0. The van der Waals surface area contributed by atoms with Crippen molar-refractivity contribution in [3.8, 4) is 0 Å². The summed E-state index contributed by atoms with van der Waals surface area (Å²) in [6.45, 7) is 1.72.